The average Bonchev–Trinajstić information content (AvgIpc) is 2.67. The van der Waals surface area contributed by atoms with E-state index in [1.165, 1.54) is 0 Å². The van der Waals surface area contributed by atoms with E-state index in [-0.39, 0.29) is 12.5 Å². The predicted molar refractivity (Wildman–Crippen MR) is 101 cm³/mol. The summed E-state index contributed by atoms with van der Waals surface area (Å²) < 4.78 is 5.03. The van der Waals surface area contributed by atoms with Gasteiger partial charge in [-0.25, -0.2) is 4.79 Å². The van der Waals surface area contributed by atoms with Crippen molar-refractivity contribution in [2.45, 2.75) is 6.92 Å². The third kappa shape index (κ3) is 3.97. The first-order valence-corrected chi connectivity index (χ1v) is 8.32. The van der Waals surface area contributed by atoms with Crippen LogP contribution < -0.4 is 10.6 Å². The highest BCUT2D eigenvalue weighted by molar-refractivity contribution is 6.02. The summed E-state index contributed by atoms with van der Waals surface area (Å²) in [6.07, 6.45) is 1.69. The number of benzene rings is 2. The molecule has 0 aliphatic heterocycles. The van der Waals surface area contributed by atoms with Crippen molar-refractivity contribution in [2.75, 3.05) is 23.8 Å². The molecule has 0 saturated carbocycles. The van der Waals surface area contributed by atoms with Crippen molar-refractivity contribution >= 4 is 34.2 Å². The fraction of sp³-hybridized carbons (Fsp3) is 0.150. The van der Waals surface area contributed by atoms with Crippen LogP contribution in [0.25, 0.3) is 10.9 Å². The van der Waals surface area contributed by atoms with E-state index in [1.807, 2.05) is 24.3 Å². The fourth-order valence-electron chi connectivity index (χ4n) is 2.60. The minimum atomic E-state index is -0.422. The number of rotatable bonds is 6. The molecule has 2 N–H and O–H groups in total. The van der Waals surface area contributed by atoms with Crippen molar-refractivity contribution in [1.82, 2.24) is 4.98 Å². The topological polar surface area (TPSA) is 80.3 Å². The standard InChI is InChI=1S/C20H19N3O3/c1-2-26-20(25)15-9-3-4-10-16(15)22-13-18(24)23-17-11-5-7-14-8-6-12-21-19(14)17/h3-12,22H,2,13H2,1H3,(H,23,24). The zero-order valence-electron chi connectivity index (χ0n) is 14.4. The van der Waals surface area contributed by atoms with Crippen LogP contribution in [0.15, 0.2) is 60.8 Å². The van der Waals surface area contributed by atoms with Gasteiger partial charge < -0.3 is 15.4 Å². The fourth-order valence-corrected chi connectivity index (χ4v) is 2.60. The number of aromatic nitrogens is 1. The van der Waals surface area contributed by atoms with E-state index in [0.717, 1.165) is 10.9 Å². The number of ether oxygens (including phenoxy) is 1. The Labute approximate surface area is 151 Å². The Balaban J connectivity index is 1.69. The molecule has 0 unspecified atom stereocenters. The molecule has 0 atom stereocenters. The van der Waals surface area contributed by atoms with Gasteiger partial charge in [-0.2, -0.15) is 0 Å². The van der Waals surface area contributed by atoms with E-state index in [1.54, 1.807) is 43.5 Å². The minimum Gasteiger partial charge on any atom is -0.462 e. The van der Waals surface area contributed by atoms with Crippen LogP contribution in [-0.4, -0.2) is 30.0 Å². The maximum absolute atomic E-state index is 12.3. The van der Waals surface area contributed by atoms with Crippen molar-refractivity contribution in [2.24, 2.45) is 0 Å². The summed E-state index contributed by atoms with van der Waals surface area (Å²) in [4.78, 5) is 28.6. The lowest BCUT2D eigenvalue weighted by Crippen LogP contribution is -2.23. The molecule has 0 spiro atoms. The number of nitrogens with zero attached hydrogens (tertiary/aromatic N) is 1. The van der Waals surface area contributed by atoms with Gasteiger partial charge in [-0.1, -0.05) is 30.3 Å². The van der Waals surface area contributed by atoms with Gasteiger partial charge in [-0.3, -0.25) is 9.78 Å². The van der Waals surface area contributed by atoms with E-state index in [4.69, 9.17) is 4.74 Å². The third-order valence-corrected chi connectivity index (χ3v) is 3.77. The van der Waals surface area contributed by atoms with Crippen LogP contribution >= 0.6 is 0 Å². The Kier molecular flexibility index (Phi) is 5.43. The van der Waals surface area contributed by atoms with Crippen LogP contribution in [0.1, 0.15) is 17.3 Å². The molecule has 3 rings (SSSR count). The second-order valence-corrected chi connectivity index (χ2v) is 5.55. The molecule has 6 nitrogen and oxygen atoms in total. The van der Waals surface area contributed by atoms with Gasteiger partial charge in [0.2, 0.25) is 5.91 Å². The summed E-state index contributed by atoms with van der Waals surface area (Å²) in [5, 5.41) is 6.79. The van der Waals surface area contributed by atoms with E-state index < -0.39 is 5.97 Å². The number of esters is 1. The Morgan fingerprint density at radius 2 is 1.77 bits per heavy atom. The molecule has 2 aromatic carbocycles. The van der Waals surface area contributed by atoms with Crippen LogP contribution in [-0.2, 0) is 9.53 Å². The zero-order chi connectivity index (χ0) is 18.4. The molecule has 0 aliphatic carbocycles. The molecule has 0 radical (unpaired) electrons. The van der Waals surface area contributed by atoms with E-state index in [0.29, 0.717) is 23.5 Å². The Morgan fingerprint density at radius 3 is 2.62 bits per heavy atom. The van der Waals surface area contributed by atoms with Crippen LogP contribution in [0, 0.1) is 0 Å². The molecule has 1 heterocycles. The Morgan fingerprint density at radius 1 is 1.00 bits per heavy atom. The number of nitrogens with one attached hydrogen (secondary N) is 2. The number of hydrogen-bond acceptors (Lipinski definition) is 5. The largest absolute Gasteiger partial charge is 0.462 e. The molecule has 26 heavy (non-hydrogen) atoms. The lowest BCUT2D eigenvalue weighted by molar-refractivity contribution is -0.114. The van der Waals surface area contributed by atoms with Gasteiger partial charge in [-0.15, -0.1) is 0 Å². The van der Waals surface area contributed by atoms with Gasteiger partial charge in [-0.05, 0) is 31.2 Å². The molecular formula is C20H19N3O3. The highest BCUT2D eigenvalue weighted by Crippen LogP contribution is 2.21. The average molecular weight is 349 g/mol. The summed E-state index contributed by atoms with van der Waals surface area (Å²) in [7, 11) is 0. The molecule has 1 aromatic heterocycles. The number of amides is 1. The Hall–Kier alpha value is -3.41. The zero-order valence-corrected chi connectivity index (χ0v) is 14.4. The summed E-state index contributed by atoms with van der Waals surface area (Å²) in [5.41, 5.74) is 2.33. The number of carbonyl (C=O) groups excluding carboxylic acids is 2. The molecule has 0 aliphatic rings. The monoisotopic (exact) mass is 349 g/mol. The van der Waals surface area contributed by atoms with Gasteiger partial charge in [0.15, 0.2) is 0 Å². The molecule has 1 amide bonds. The van der Waals surface area contributed by atoms with Crippen molar-refractivity contribution in [3.8, 4) is 0 Å². The molecule has 3 aromatic rings. The van der Waals surface area contributed by atoms with Crippen LogP contribution in [0.3, 0.4) is 0 Å². The molecule has 0 bridgehead atoms. The highest BCUT2D eigenvalue weighted by atomic mass is 16.5. The van der Waals surface area contributed by atoms with E-state index in [9.17, 15) is 9.59 Å². The number of anilines is 2. The second kappa shape index (κ2) is 8.11. The normalized spacial score (nSPS) is 10.3. The first-order chi connectivity index (χ1) is 12.7. The summed E-state index contributed by atoms with van der Waals surface area (Å²) in [6.45, 7) is 2.06. The van der Waals surface area contributed by atoms with Gasteiger partial charge in [0.05, 0.1) is 29.9 Å². The van der Waals surface area contributed by atoms with Crippen molar-refractivity contribution in [1.29, 1.82) is 0 Å². The lowest BCUT2D eigenvalue weighted by atomic mass is 10.1. The minimum absolute atomic E-state index is 0.0135. The van der Waals surface area contributed by atoms with Gasteiger partial charge in [0.25, 0.3) is 0 Å². The number of para-hydroxylation sites is 2. The quantitative estimate of drug-likeness (QED) is 0.666. The maximum Gasteiger partial charge on any atom is 0.340 e. The smallest absolute Gasteiger partial charge is 0.340 e. The van der Waals surface area contributed by atoms with Crippen molar-refractivity contribution in [3.63, 3.8) is 0 Å². The number of carbonyl (C=O) groups is 2. The number of hydrogen-bond donors (Lipinski definition) is 2. The Bertz CT molecular complexity index is 935. The van der Waals surface area contributed by atoms with Crippen molar-refractivity contribution < 1.29 is 14.3 Å². The number of pyridine rings is 1. The third-order valence-electron chi connectivity index (χ3n) is 3.77. The molecule has 0 fully saturated rings. The van der Waals surface area contributed by atoms with Crippen LogP contribution in [0.2, 0.25) is 0 Å². The lowest BCUT2D eigenvalue weighted by Gasteiger charge is -2.12. The SMILES string of the molecule is CCOC(=O)c1ccccc1NCC(=O)Nc1cccc2cccnc12. The highest BCUT2D eigenvalue weighted by Gasteiger charge is 2.13. The van der Waals surface area contributed by atoms with Gasteiger partial charge in [0.1, 0.15) is 0 Å². The van der Waals surface area contributed by atoms with Gasteiger partial charge in [0, 0.05) is 17.3 Å². The molecule has 6 heteroatoms. The summed E-state index contributed by atoms with van der Waals surface area (Å²) >= 11 is 0. The second-order valence-electron chi connectivity index (χ2n) is 5.55. The van der Waals surface area contributed by atoms with Gasteiger partial charge >= 0.3 is 5.97 Å². The first-order valence-electron chi connectivity index (χ1n) is 8.32. The van der Waals surface area contributed by atoms with Crippen LogP contribution in [0.4, 0.5) is 11.4 Å². The van der Waals surface area contributed by atoms with Crippen molar-refractivity contribution in [3.05, 3.63) is 66.4 Å². The summed E-state index contributed by atoms with van der Waals surface area (Å²) in [5.74, 6) is -0.656. The maximum atomic E-state index is 12.3. The molecule has 132 valence electrons. The molecular weight excluding hydrogens is 330 g/mol. The van der Waals surface area contributed by atoms with E-state index >= 15 is 0 Å². The van der Waals surface area contributed by atoms with E-state index in [2.05, 4.69) is 15.6 Å². The predicted octanol–water partition coefficient (Wildman–Crippen LogP) is 3.46. The number of fused-ring (bicyclic) bond motifs is 1. The molecule has 0 saturated heterocycles. The summed E-state index contributed by atoms with van der Waals surface area (Å²) in [6, 6.07) is 16.3. The van der Waals surface area contributed by atoms with Crippen LogP contribution in [0.5, 0.6) is 0 Å². The first kappa shape index (κ1) is 17.4.